The largest absolute Gasteiger partial charge is 0.493 e. The number of carbonyl (C=O) groups is 2. The molecule has 9 heteroatoms. The molecule has 0 bridgehead atoms. The number of amides is 2. The minimum Gasteiger partial charge on any atom is -0.493 e. The van der Waals surface area contributed by atoms with Crippen molar-refractivity contribution in [3.8, 4) is 17.6 Å². The van der Waals surface area contributed by atoms with Crippen LogP contribution in [0, 0.1) is 23.0 Å². The summed E-state index contributed by atoms with van der Waals surface area (Å²) in [6.07, 6.45) is 2.08. The number of rotatable bonds is 7. The van der Waals surface area contributed by atoms with Gasteiger partial charge in [-0.1, -0.05) is 12.1 Å². The van der Waals surface area contributed by atoms with Crippen LogP contribution in [0.4, 0.5) is 13.6 Å². The Morgan fingerprint density at radius 1 is 1.03 bits per heavy atom. The van der Waals surface area contributed by atoms with Crippen molar-refractivity contribution in [1.82, 2.24) is 5.32 Å². The molecule has 1 aliphatic rings. The Labute approximate surface area is 169 Å². The molecule has 29 heavy (non-hydrogen) atoms. The zero-order valence-electron chi connectivity index (χ0n) is 14.9. The third-order valence-electron chi connectivity index (χ3n) is 3.77. The third-order valence-corrected chi connectivity index (χ3v) is 4.58. The number of nitrogens with one attached hydrogen (secondary N) is 1. The highest BCUT2D eigenvalue weighted by atomic mass is 32.2. The van der Waals surface area contributed by atoms with Gasteiger partial charge >= 0.3 is 0 Å². The standard InChI is InChI=1S/C20H14F2N2O4S/c21-16-9-14(10-17(22)15(16)11-23)28-7-1-6-27-13-4-2-12(3-5-13)8-18-19(25)24-20(26)29-18/h2-5,8-10H,1,6-7H2,(H,24,25,26)/b18-8-. The minimum absolute atomic E-state index is 0.00342. The van der Waals surface area contributed by atoms with Gasteiger partial charge in [0.1, 0.15) is 34.8 Å². The van der Waals surface area contributed by atoms with Crippen molar-refractivity contribution in [2.75, 3.05) is 13.2 Å². The first kappa shape index (κ1) is 20.4. The van der Waals surface area contributed by atoms with E-state index in [9.17, 15) is 18.4 Å². The lowest BCUT2D eigenvalue weighted by molar-refractivity contribution is -0.115. The second-order valence-electron chi connectivity index (χ2n) is 5.85. The number of thioether (sulfide) groups is 1. The summed E-state index contributed by atoms with van der Waals surface area (Å²) >= 11 is 0.847. The third kappa shape index (κ3) is 5.33. The van der Waals surface area contributed by atoms with Crippen LogP contribution in [0.1, 0.15) is 17.5 Å². The lowest BCUT2D eigenvalue weighted by atomic mass is 10.2. The van der Waals surface area contributed by atoms with Crippen LogP contribution in [0.5, 0.6) is 11.5 Å². The van der Waals surface area contributed by atoms with Crippen LogP contribution in [-0.4, -0.2) is 24.4 Å². The maximum absolute atomic E-state index is 13.5. The Hall–Kier alpha value is -3.38. The maximum Gasteiger partial charge on any atom is 0.290 e. The first-order chi connectivity index (χ1) is 14.0. The molecule has 2 amide bonds. The quantitative estimate of drug-likeness (QED) is 0.542. The molecule has 1 aliphatic heterocycles. The summed E-state index contributed by atoms with van der Waals surface area (Å²) in [5.74, 6) is -1.74. The highest BCUT2D eigenvalue weighted by Gasteiger charge is 2.24. The fraction of sp³-hybridized carbons (Fsp3) is 0.150. The van der Waals surface area contributed by atoms with Crippen molar-refractivity contribution in [3.63, 3.8) is 0 Å². The Balaban J connectivity index is 1.44. The topological polar surface area (TPSA) is 88.4 Å². The molecule has 0 atom stereocenters. The summed E-state index contributed by atoms with van der Waals surface area (Å²) in [5.41, 5.74) is 0.108. The van der Waals surface area contributed by atoms with Gasteiger partial charge in [-0.25, -0.2) is 8.78 Å². The second-order valence-corrected chi connectivity index (χ2v) is 6.86. The van der Waals surface area contributed by atoms with Crippen molar-refractivity contribution in [2.45, 2.75) is 6.42 Å². The number of nitriles is 1. The van der Waals surface area contributed by atoms with Crippen molar-refractivity contribution in [3.05, 3.63) is 64.1 Å². The zero-order valence-corrected chi connectivity index (χ0v) is 15.7. The predicted octanol–water partition coefficient (Wildman–Crippen LogP) is 4.01. The summed E-state index contributed by atoms with van der Waals surface area (Å²) < 4.78 is 37.8. The van der Waals surface area contributed by atoms with E-state index in [1.807, 2.05) is 0 Å². The molecule has 2 aromatic rings. The van der Waals surface area contributed by atoms with E-state index in [-0.39, 0.29) is 12.4 Å². The number of hydrogen-bond acceptors (Lipinski definition) is 6. The van der Waals surface area contributed by atoms with E-state index < -0.39 is 28.3 Å². The molecule has 1 heterocycles. The first-order valence-corrected chi connectivity index (χ1v) is 9.27. The molecule has 2 aromatic carbocycles. The van der Waals surface area contributed by atoms with Crippen molar-refractivity contribution < 1.29 is 27.8 Å². The molecule has 0 aliphatic carbocycles. The summed E-state index contributed by atoms with van der Waals surface area (Å²) in [6.45, 7) is 0.490. The number of benzene rings is 2. The first-order valence-electron chi connectivity index (χ1n) is 8.46. The molecule has 0 radical (unpaired) electrons. The summed E-state index contributed by atoms with van der Waals surface area (Å²) in [4.78, 5) is 23.0. The Kier molecular flexibility index (Phi) is 6.46. The van der Waals surface area contributed by atoms with E-state index in [1.165, 1.54) is 6.07 Å². The molecule has 1 N–H and O–H groups in total. The molecule has 0 saturated carbocycles. The summed E-state index contributed by atoms with van der Waals surface area (Å²) in [5, 5.41) is 10.4. The molecule has 0 unspecified atom stereocenters. The molecule has 0 spiro atoms. The van der Waals surface area contributed by atoms with Crippen LogP contribution in [-0.2, 0) is 4.79 Å². The molecular formula is C20H14F2N2O4S. The van der Waals surface area contributed by atoms with Crippen molar-refractivity contribution in [2.24, 2.45) is 0 Å². The Morgan fingerprint density at radius 3 is 2.21 bits per heavy atom. The SMILES string of the molecule is N#Cc1c(F)cc(OCCCOc2ccc(/C=C3\SC(=O)NC3=O)cc2)cc1F. The average molecular weight is 416 g/mol. The lowest BCUT2D eigenvalue weighted by Crippen LogP contribution is -2.17. The molecule has 148 valence electrons. The van der Waals surface area contributed by atoms with Gasteiger partial charge in [0.25, 0.3) is 11.1 Å². The van der Waals surface area contributed by atoms with Gasteiger partial charge < -0.3 is 9.47 Å². The number of hydrogen-bond donors (Lipinski definition) is 1. The number of nitrogens with zero attached hydrogens (tertiary/aromatic N) is 1. The molecular weight excluding hydrogens is 402 g/mol. The van der Waals surface area contributed by atoms with Crippen LogP contribution in [0.2, 0.25) is 0 Å². The van der Waals surface area contributed by atoms with Gasteiger partial charge in [-0.3, -0.25) is 14.9 Å². The summed E-state index contributed by atoms with van der Waals surface area (Å²) in [7, 11) is 0. The molecule has 1 saturated heterocycles. The average Bonchev–Trinajstić information content (AvgIpc) is 2.99. The predicted molar refractivity (Wildman–Crippen MR) is 102 cm³/mol. The highest BCUT2D eigenvalue weighted by molar-refractivity contribution is 8.18. The second kappa shape index (κ2) is 9.21. The van der Waals surface area contributed by atoms with Crippen molar-refractivity contribution >= 4 is 29.0 Å². The van der Waals surface area contributed by atoms with Gasteiger partial charge in [-0.15, -0.1) is 0 Å². The molecule has 0 aromatic heterocycles. The van der Waals surface area contributed by atoms with E-state index >= 15 is 0 Å². The van der Waals surface area contributed by atoms with E-state index in [0.717, 1.165) is 29.5 Å². The van der Waals surface area contributed by atoms with Gasteiger partial charge in [-0.05, 0) is 35.5 Å². The van der Waals surface area contributed by atoms with Crippen LogP contribution in [0.25, 0.3) is 6.08 Å². The lowest BCUT2D eigenvalue weighted by Gasteiger charge is -2.09. The Bertz CT molecular complexity index is 993. The van der Waals surface area contributed by atoms with Crippen LogP contribution in [0.3, 0.4) is 0 Å². The van der Waals surface area contributed by atoms with Gasteiger partial charge in [0.05, 0.1) is 18.1 Å². The van der Waals surface area contributed by atoms with Gasteiger partial charge in [0.15, 0.2) is 0 Å². The van der Waals surface area contributed by atoms with E-state index in [2.05, 4.69) is 5.32 Å². The van der Waals surface area contributed by atoms with Gasteiger partial charge in [-0.2, -0.15) is 5.26 Å². The monoisotopic (exact) mass is 416 g/mol. The van der Waals surface area contributed by atoms with Gasteiger partial charge in [0, 0.05) is 18.6 Å². The fourth-order valence-electron chi connectivity index (χ4n) is 2.41. The Morgan fingerprint density at radius 2 is 1.66 bits per heavy atom. The number of imide groups is 1. The van der Waals surface area contributed by atoms with Crippen LogP contribution < -0.4 is 14.8 Å². The number of halogens is 2. The number of ether oxygens (including phenoxy) is 2. The van der Waals surface area contributed by atoms with Gasteiger partial charge in [0.2, 0.25) is 0 Å². The van der Waals surface area contributed by atoms with Crippen LogP contribution in [0.15, 0.2) is 41.3 Å². The smallest absolute Gasteiger partial charge is 0.290 e. The molecule has 6 nitrogen and oxygen atoms in total. The fourth-order valence-corrected chi connectivity index (χ4v) is 3.09. The summed E-state index contributed by atoms with van der Waals surface area (Å²) in [6, 6.07) is 10.3. The van der Waals surface area contributed by atoms with Crippen molar-refractivity contribution in [1.29, 1.82) is 5.26 Å². The van der Waals surface area contributed by atoms with Crippen LogP contribution >= 0.6 is 11.8 Å². The zero-order chi connectivity index (χ0) is 20.8. The molecule has 1 fully saturated rings. The molecule has 3 rings (SSSR count). The minimum atomic E-state index is -0.966. The van der Waals surface area contributed by atoms with E-state index in [1.54, 1.807) is 30.3 Å². The normalized spacial score (nSPS) is 14.6. The van der Waals surface area contributed by atoms with E-state index in [0.29, 0.717) is 23.7 Å². The maximum atomic E-state index is 13.5. The van der Waals surface area contributed by atoms with E-state index in [4.69, 9.17) is 14.7 Å². The highest BCUT2D eigenvalue weighted by Crippen LogP contribution is 2.26. The number of carbonyl (C=O) groups excluding carboxylic acids is 2.